The van der Waals surface area contributed by atoms with Crippen molar-refractivity contribution in [3.05, 3.63) is 23.5 Å². The highest BCUT2D eigenvalue weighted by Crippen LogP contribution is 2.39. The molecule has 5 heterocycles. The van der Waals surface area contributed by atoms with Crippen molar-refractivity contribution >= 4 is 22.4 Å². The van der Waals surface area contributed by atoms with Gasteiger partial charge in [-0.25, -0.2) is 4.98 Å². The molecule has 1 unspecified atom stereocenters. The first-order chi connectivity index (χ1) is 13.6. The zero-order valence-corrected chi connectivity index (χ0v) is 16.6. The summed E-state index contributed by atoms with van der Waals surface area (Å²) in [5, 5.41) is 24.8. The minimum atomic E-state index is -0.789. The van der Waals surface area contributed by atoms with Gasteiger partial charge in [-0.05, 0) is 38.1 Å². The van der Waals surface area contributed by atoms with E-state index in [-0.39, 0.29) is 11.8 Å². The summed E-state index contributed by atoms with van der Waals surface area (Å²) in [5.74, 6) is 0.519. The number of anilines is 1. The Labute approximate surface area is 168 Å². The van der Waals surface area contributed by atoms with Crippen molar-refractivity contribution in [3.8, 4) is 0 Å². The largest absolute Gasteiger partial charge is 0.383 e. The number of carbonyl (C=O) groups is 1. The van der Waals surface area contributed by atoms with Crippen LogP contribution in [0.5, 0.6) is 0 Å². The van der Waals surface area contributed by atoms with Gasteiger partial charge in [-0.3, -0.25) is 14.4 Å². The molecule has 28 heavy (non-hydrogen) atoms. The summed E-state index contributed by atoms with van der Waals surface area (Å²) in [6.45, 7) is 2.58. The molecule has 9 heteroatoms. The number of hydrogen-bond acceptors (Lipinski definition) is 7. The van der Waals surface area contributed by atoms with Gasteiger partial charge < -0.3 is 10.4 Å². The van der Waals surface area contributed by atoms with Crippen LogP contribution in [-0.4, -0.2) is 55.0 Å². The molecular formula is C19H26N6O2S. The molecule has 3 saturated heterocycles. The fraction of sp³-hybridized carbons (Fsp3) is 0.684. The van der Waals surface area contributed by atoms with Crippen LogP contribution in [0.1, 0.15) is 44.2 Å². The van der Waals surface area contributed by atoms with E-state index in [2.05, 4.69) is 25.5 Å². The maximum absolute atomic E-state index is 12.7. The van der Waals surface area contributed by atoms with Crippen molar-refractivity contribution in [1.29, 1.82) is 0 Å². The van der Waals surface area contributed by atoms with Crippen LogP contribution in [0.4, 0.5) is 5.13 Å². The number of aliphatic hydroxyl groups is 1. The smallest absolute Gasteiger partial charge is 0.230 e. The number of amides is 1. The molecular weight excluding hydrogens is 376 g/mol. The third-order valence-electron chi connectivity index (χ3n) is 6.72. The summed E-state index contributed by atoms with van der Waals surface area (Å²) in [4.78, 5) is 19.3. The van der Waals surface area contributed by atoms with Crippen LogP contribution < -0.4 is 5.32 Å². The predicted octanol–water partition coefficient (Wildman–Crippen LogP) is 1.85. The molecule has 0 radical (unpaired) electrons. The fourth-order valence-corrected chi connectivity index (χ4v) is 5.67. The van der Waals surface area contributed by atoms with Gasteiger partial charge in [0.1, 0.15) is 11.3 Å². The molecule has 2 N–H and O–H groups in total. The molecule has 4 atom stereocenters. The molecule has 2 aromatic rings. The molecule has 1 amide bonds. The lowest BCUT2D eigenvalue weighted by molar-refractivity contribution is -0.127. The van der Waals surface area contributed by atoms with E-state index in [0.717, 1.165) is 58.2 Å². The third kappa shape index (κ3) is 3.35. The van der Waals surface area contributed by atoms with Crippen LogP contribution in [-0.2, 0) is 16.9 Å². The zero-order valence-electron chi connectivity index (χ0n) is 15.8. The average molecular weight is 403 g/mol. The van der Waals surface area contributed by atoms with Gasteiger partial charge in [-0.15, -0.1) is 16.4 Å². The first-order valence-electron chi connectivity index (χ1n) is 10.2. The molecule has 3 aliphatic heterocycles. The summed E-state index contributed by atoms with van der Waals surface area (Å²) < 4.78 is 1.88. The van der Waals surface area contributed by atoms with Crippen LogP contribution in [0.2, 0.25) is 0 Å². The molecule has 1 aliphatic carbocycles. The average Bonchev–Trinajstić information content (AvgIpc) is 3.45. The molecule has 1 saturated carbocycles. The minimum absolute atomic E-state index is 0.0272. The molecule has 0 aromatic carbocycles. The minimum Gasteiger partial charge on any atom is -0.383 e. The number of thiazole rings is 1. The lowest BCUT2D eigenvalue weighted by atomic mass is 9.75. The summed E-state index contributed by atoms with van der Waals surface area (Å²) in [7, 11) is 0. The number of aromatic nitrogens is 4. The van der Waals surface area contributed by atoms with Gasteiger partial charge in [0.2, 0.25) is 5.91 Å². The lowest BCUT2D eigenvalue weighted by Crippen LogP contribution is -2.57. The van der Waals surface area contributed by atoms with E-state index in [1.54, 1.807) is 6.20 Å². The van der Waals surface area contributed by atoms with Crippen LogP contribution in [0, 0.1) is 11.8 Å². The van der Waals surface area contributed by atoms with Crippen molar-refractivity contribution in [1.82, 2.24) is 24.9 Å². The Kier molecular flexibility index (Phi) is 4.68. The SMILES string of the molecule is O=C(Nc1nccs1)[C@H]1CN2CC[C@H]1C[C@@H]2Cn1cc(C2(O)CCCC2)nn1. The second-order valence-electron chi connectivity index (χ2n) is 8.43. The van der Waals surface area contributed by atoms with Crippen molar-refractivity contribution in [2.75, 3.05) is 18.4 Å². The highest BCUT2D eigenvalue weighted by atomic mass is 32.1. The zero-order chi connectivity index (χ0) is 19.1. The molecule has 2 bridgehead atoms. The topological polar surface area (TPSA) is 96.2 Å². The fourth-order valence-electron chi connectivity index (χ4n) is 5.14. The second kappa shape index (κ2) is 7.20. The number of nitrogens with zero attached hydrogens (tertiary/aromatic N) is 5. The normalized spacial score (nSPS) is 31.2. The van der Waals surface area contributed by atoms with E-state index in [1.165, 1.54) is 11.3 Å². The quantitative estimate of drug-likeness (QED) is 0.792. The van der Waals surface area contributed by atoms with E-state index in [1.807, 2.05) is 16.3 Å². The van der Waals surface area contributed by atoms with Gasteiger partial charge in [-0.2, -0.15) is 0 Å². The second-order valence-corrected chi connectivity index (χ2v) is 9.33. The van der Waals surface area contributed by atoms with E-state index in [9.17, 15) is 9.90 Å². The van der Waals surface area contributed by atoms with Gasteiger partial charge in [0.05, 0.1) is 18.7 Å². The molecule has 4 aliphatic rings. The number of rotatable bonds is 5. The number of hydrogen-bond donors (Lipinski definition) is 2. The van der Waals surface area contributed by atoms with E-state index >= 15 is 0 Å². The Morgan fingerprint density at radius 3 is 2.96 bits per heavy atom. The molecule has 0 spiro atoms. The summed E-state index contributed by atoms with van der Waals surface area (Å²) >= 11 is 1.45. The van der Waals surface area contributed by atoms with Crippen LogP contribution in [0.3, 0.4) is 0 Å². The Hall–Kier alpha value is -1.84. The lowest BCUT2D eigenvalue weighted by Gasteiger charge is -2.49. The molecule has 150 valence electrons. The van der Waals surface area contributed by atoms with Crippen LogP contribution in [0.25, 0.3) is 0 Å². The van der Waals surface area contributed by atoms with Crippen molar-refractivity contribution in [2.24, 2.45) is 11.8 Å². The molecule has 2 aromatic heterocycles. The Bertz CT molecular complexity index is 831. The Balaban J connectivity index is 1.22. The number of piperidine rings is 3. The summed E-state index contributed by atoms with van der Waals surface area (Å²) in [5.41, 5.74) is -0.0787. The first kappa shape index (κ1) is 18.2. The predicted molar refractivity (Wildman–Crippen MR) is 105 cm³/mol. The van der Waals surface area contributed by atoms with Gasteiger partial charge in [0.15, 0.2) is 5.13 Å². The number of carbonyl (C=O) groups excluding carboxylic acids is 1. The van der Waals surface area contributed by atoms with Crippen molar-refractivity contribution in [2.45, 2.75) is 56.7 Å². The van der Waals surface area contributed by atoms with E-state index in [0.29, 0.717) is 22.8 Å². The van der Waals surface area contributed by atoms with Gasteiger partial charge in [0.25, 0.3) is 0 Å². The summed E-state index contributed by atoms with van der Waals surface area (Å²) in [6.07, 6.45) is 9.34. The van der Waals surface area contributed by atoms with Crippen molar-refractivity contribution < 1.29 is 9.90 Å². The Morgan fingerprint density at radius 2 is 2.25 bits per heavy atom. The number of nitrogens with one attached hydrogen (secondary N) is 1. The van der Waals surface area contributed by atoms with E-state index in [4.69, 9.17) is 0 Å². The van der Waals surface area contributed by atoms with E-state index < -0.39 is 5.60 Å². The Morgan fingerprint density at radius 1 is 1.39 bits per heavy atom. The third-order valence-corrected chi connectivity index (χ3v) is 7.41. The first-order valence-corrected chi connectivity index (χ1v) is 11.1. The number of fused-ring (bicyclic) bond motifs is 3. The highest BCUT2D eigenvalue weighted by Gasteiger charge is 2.43. The van der Waals surface area contributed by atoms with Crippen LogP contribution in [0.15, 0.2) is 17.8 Å². The molecule has 8 nitrogen and oxygen atoms in total. The van der Waals surface area contributed by atoms with Crippen LogP contribution >= 0.6 is 11.3 Å². The molecule has 4 fully saturated rings. The maximum atomic E-state index is 12.7. The standard InChI is InChI=1S/C19H26N6O2S/c26-17(21-18-20-6-8-28-18)15-11-24-7-3-13(15)9-14(24)10-25-12-16(22-23-25)19(27)4-1-2-5-19/h6,8,12-15,27H,1-5,7,9-11H2,(H,20,21,26)/t13-,14+,15-/m0/s1. The maximum Gasteiger partial charge on any atom is 0.230 e. The van der Waals surface area contributed by atoms with Gasteiger partial charge in [0, 0.05) is 24.2 Å². The van der Waals surface area contributed by atoms with Gasteiger partial charge in [-0.1, -0.05) is 18.1 Å². The van der Waals surface area contributed by atoms with Crippen molar-refractivity contribution in [3.63, 3.8) is 0 Å². The molecule has 6 rings (SSSR count). The highest BCUT2D eigenvalue weighted by molar-refractivity contribution is 7.13. The monoisotopic (exact) mass is 402 g/mol. The summed E-state index contributed by atoms with van der Waals surface area (Å²) in [6, 6.07) is 0.371. The van der Waals surface area contributed by atoms with Gasteiger partial charge >= 0.3 is 0 Å².